The molecule has 4 aliphatic rings. The molecule has 19 heavy (non-hydrogen) atoms. The van der Waals surface area contributed by atoms with E-state index in [1.807, 2.05) is 0 Å². The molecule has 4 saturated carbocycles. The maximum atomic E-state index is 2.61. The monoisotopic (exact) mass is 272 g/mol. The fraction of sp³-hybridized carbons (Fsp3) is 0.667. The van der Waals surface area contributed by atoms with E-state index in [1.54, 1.807) is 44.1 Å². The van der Waals surface area contributed by atoms with E-state index in [4.69, 9.17) is 0 Å². The molecule has 5 rings (SSSR count). The maximum Gasteiger partial charge on any atom is -0.00706 e. The molecule has 1 atom stereocenters. The summed E-state index contributed by atoms with van der Waals surface area (Å²) in [4.78, 5) is 0. The molecule has 1 heteroatoms. The standard InChI is InChI=1S/C18H25P/c1-19(13-14-5-3-2-4-6-14)18-10-15-7-16(11-18)9-17(8-15)12-18/h2-6,15-17H,7-13H2,1H3/t15?,16?,17?,18?,19-/m1/s1. The first-order valence-corrected chi connectivity index (χ1v) is 9.96. The van der Waals surface area contributed by atoms with Gasteiger partial charge in [0.1, 0.15) is 0 Å². The van der Waals surface area contributed by atoms with Crippen molar-refractivity contribution < 1.29 is 0 Å². The van der Waals surface area contributed by atoms with Crippen molar-refractivity contribution >= 4 is 7.92 Å². The van der Waals surface area contributed by atoms with Crippen LogP contribution >= 0.6 is 7.92 Å². The van der Waals surface area contributed by atoms with Gasteiger partial charge in [-0.05, 0) is 79.8 Å². The quantitative estimate of drug-likeness (QED) is 0.658. The number of benzene rings is 1. The van der Waals surface area contributed by atoms with Gasteiger partial charge in [-0.2, -0.15) is 0 Å². The van der Waals surface area contributed by atoms with E-state index in [0.29, 0.717) is 0 Å². The summed E-state index contributed by atoms with van der Waals surface area (Å²) >= 11 is 0. The zero-order valence-electron chi connectivity index (χ0n) is 12.0. The van der Waals surface area contributed by atoms with Crippen molar-refractivity contribution in [3.63, 3.8) is 0 Å². The second-order valence-electron chi connectivity index (χ2n) is 7.48. The highest BCUT2D eigenvalue weighted by Gasteiger charge is 2.52. The van der Waals surface area contributed by atoms with Gasteiger partial charge in [-0.15, -0.1) is 0 Å². The van der Waals surface area contributed by atoms with Crippen LogP contribution in [0, 0.1) is 17.8 Å². The van der Waals surface area contributed by atoms with Crippen molar-refractivity contribution in [1.82, 2.24) is 0 Å². The van der Waals surface area contributed by atoms with Crippen LogP contribution in [0.4, 0.5) is 0 Å². The summed E-state index contributed by atoms with van der Waals surface area (Å²) in [7, 11) is 0.169. The lowest BCUT2D eigenvalue weighted by Gasteiger charge is -2.59. The van der Waals surface area contributed by atoms with Crippen molar-refractivity contribution in [2.75, 3.05) is 6.66 Å². The van der Waals surface area contributed by atoms with E-state index in [2.05, 4.69) is 37.0 Å². The fourth-order valence-electron chi connectivity index (χ4n) is 5.56. The lowest BCUT2D eigenvalue weighted by molar-refractivity contribution is 0.0356. The third kappa shape index (κ3) is 2.17. The molecule has 0 saturated heterocycles. The molecule has 1 aromatic rings. The minimum absolute atomic E-state index is 0.169. The van der Waals surface area contributed by atoms with Crippen LogP contribution in [0.3, 0.4) is 0 Å². The minimum Gasteiger partial charge on any atom is -0.0990 e. The Morgan fingerprint density at radius 1 is 0.947 bits per heavy atom. The van der Waals surface area contributed by atoms with Gasteiger partial charge in [-0.25, -0.2) is 0 Å². The van der Waals surface area contributed by atoms with E-state index >= 15 is 0 Å². The molecule has 1 aromatic carbocycles. The SMILES string of the molecule is C[P@](Cc1ccccc1)C12CC3CC(CC(C3)C1)C2. The molecular weight excluding hydrogens is 247 g/mol. The zero-order chi connectivity index (χ0) is 12.9. The lowest BCUT2D eigenvalue weighted by atomic mass is 9.56. The second kappa shape index (κ2) is 4.59. The third-order valence-corrected chi connectivity index (χ3v) is 9.08. The molecule has 0 N–H and O–H groups in total. The molecule has 0 radical (unpaired) electrons. The summed E-state index contributed by atoms with van der Waals surface area (Å²) in [5.74, 6) is 3.31. The molecule has 4 fully saturated rings. The minimum atomic E-state index is 0.169. The summed E-state index contributed by atoms with van der Waals surface area (Å²) in [6.45, 7) is 2.61. The largest absolute Gasteiger partial charge is 0.0990 e. The molecule has 0 unspecified atom stereocenters. The van der Waals surface area contributed by atoms with E-state index in [1.165, 1.54) is 6.16 Å². The van der Waals surface area contributed by atoms with Crippen LogP contribution in [0.2, 0.25) is 0 Å². The van der Waals surface area contributed by atoms with Crippen LogP contribution < -0.4 is 0 Å². The second-order valence-corrected chi connectivity index (χ2v) is 10.1. The molecule has 4 bridgehead atoms. The van der Waals surface area contributed by atoms with Gasteiger partial charge >= 0.3 is 0 Å². The van der Waals surface area contributed by atoms with Gasteiger partial charge in [0.05, 0.1) is 0 Å². The van der Waals surface area contributed by atoms with E-state index < -0.39 is 0 Å². The first-order chi connectivity index (χ1) is 9.23. The van der Waals surface area contributed by atoms with Crippen LogP contribution in [0.5, 0.6) is 0 Å². The average molecular weight is 272 g/mol. The van der Waals surface area contributed by atoms with Crippen molar-refractivity contribution in [3.05, 3.63) is 35.9 Å². The van der Waals surface area contributed by atoms with Gasteiger partial charge in [-0.1, -0.05) is 38.3 Å². The molecule has 0 nitrogen and oxygen atoms in total. The van der Waals surface area contributed by atoms with Gasteiger partial charge in [0.2, 0.25) is 0 Å². The molecule has 0 spiro atoms. The highest BCUT2D eigenvalue weighted by molar-refractivity contribution is 7.57. The fourth-order valence-corrected chi connectivity index (χ4v) is 8.36. The van der Waals surface area contributed by atoms with Gasteiger partial charge < -0.3 is 0 Å². The topological polar surface area (TPSA) is 0 Å². The van der Waals surface area contributed by atoms with Crippen LogP contribution in [0.15, 0.2) is 30.3 Å². The summed E-state index contributed by atoms with van der Waals surface area (Å²) < 4.78 is 0. The van der Waals surface area contributed by atoms with Crippen LogP contribution in [-0.4, -0.2) is 11.8 Å². The molecule has 0 aromatic heterocycles. The Balaban J connectivity index is 1.55. The van der Waals surface area contributed by atoms with Gasteiger partial charge in [0.15, 0.2) is 0 Å². The Bertz CT molecular complexity index is 415. The Morgan fingerprint density at radius 3 is 2.00 bits per heavy atom. The molecular formula is C18H25P. The number of rotatable bonds is 3. The van der Waals surface area contributed by atoms with Crippen LogP contribution in [0.25, 0.3) is 0 Å². The van der Waals surface area contributed by atoms with E-state index in [0.717, 1.165) is 22.9 Å². The highest BCUT2D eigenvalue weighted by atomic mass is 31.1. The van der Waals surface area contributed by atoms with Crippen molar-refractivity contribution in [1.29, 1.82) is 0 Å². The Kier molecular flexibility index (Phi) is 2.99. The predicted molar refractivity (Wildman–Crippen MR) is 83.9 cm³/mol. The normalized spacial score (nSPS) is 41.4. The first-order valence-electron chi connectivity index (χ1n) is 7.99. The summed E-state index contributed by atoms with van der Waals surface area (Å²) in [6, 6.07) is 11.2. The smallest absolute Gasteiger partial charge is 0.00706 e. The molecule has 4 aliphatic carbocycles. The van der Waals surface area contributed by atoms with Crippen LogP contribution in [0.1, 0.15) is 44.1 Å². The predicted octanol–water partition coefficient (Wildman–Crippen LogP) is 5.27. The number of hydrogen-bond donors (Lipinski definition) is 0. The Labute approximate surface area is 118 Å². The summed E-state index contributed by atoms with van der Waals surface area (Å²) in [5.41, 5.74) is 1.58. The summed E-state index contributed by atoms with van der Waals surface area (Å²) in [5, 5.41) is 0.778. The lowest BCUT2D eigenvalue weighted by Crippen LogP contribution is -2.49. The van der Waals surface area contributed by atoms with Crippen molar-refractivity contribution in [2.24, 2.45) is 17.8 Å². The first kappa shape index (κ1) is 12.4. The van der Waals surface area contributed by atoms with E-state index in [9.17, 15) is 0 Å². The average Bonchev–Trinajstić information content (AvgIpc) is 2.38. The molecule has 102 valence electrons. The third-order valence-electron chi connectivity index (χ3n) is 6.08. The molecule has 0 aliphatic heterocycles. The Hall–Kier alpha value is -0.350. The van der Waals surface area contributed by atoms with Gasteiger partial charge in [0, 0.05) is 0 Å². The van der Waals surface area contributed by atoms with Gasteiger partial charge in [0.25, 0.3) is 0 Å². The zero-order valence-corrected chi connectivity index (χ0v) is 12.9. The van der Waals surface area contributed by atoms with E-state index in [-0.39, 0.29) is 7.92 Å². The van der Waals surface area contributed by atoms with Crippen LogP contribution in [-0.2, 0) is 6.16 Å². The molecule has 0 heterocycles. The van der Waals surface area contributed by atoms with Crippen molar-refractivity contribution in [2.45, 2.75) is 49.8 Å². The maximum absolute atomic E-state index is 2.61. The number of hydrogen-bond acceptors (Lipinski definition) is 0. The van der Waals surface area contributed by atoms with Gasteiger partial charge in [-0.3, -0.25) is 0 Å². The highest BCUT2D eigenvalue weighted by Crippen LogP contribution is 2.68. The summed E-state index contributed by atoms with van der Waals surface area (Å²) in [6.07, 6.45) is 10.8. The Morgan fingerprint density at radius 2 is 1.47 bits per heavy atom. The van der Waals surface area contributed by atoms with Crippen molar-refractivity contribution in [3.8, 4) is 0 Å². The molecule has 0 amide bonds.